The molecule has 0 saturated heterocycles. The van der Waals surface area contributed by atoms with Crippen LogP contribution in [0, 0.1) is 0 Å². The van der Waals surface area contributed by atoms with E-state index in [9.17, 15) is 14.4 Å². The Balaban J connectivity index is 2.35. The summed E-state index contributed by atoms with van der Waals surface area (Å²) in [5.41, 5.74) is 2.52. The summed E-state index contributed by atoms with van der Waals surface area (Å²) in [6.45, 7) is 0.896. The lowest BCUT2D eigenvalue weighted by atomic mass is 9.98. The van der Waals surface area contributed by atoms with Crippen LogP contribution in [0.3, 0.4) is 0 Å². The zero-order valence-electron chi connectivity index (χ0n) is 15.5. The normalized spacial score (nSPS) is 10.2. The van der Waals surface area contributed by atoms with Crippen molar-refractivity contribution < 1.29 is 23.9 Å². The molecular formula is C19H28N2O5. The number of nitrogens with one attached hydrogen (secondary N) is 1. The van der Waals surface area contributed by atoms with Gasteiger partial charge in [0.2, 0.25) is 6.41 Å². The second-order valence-corrected chi connectivity index (χ2v) is 5.81. The van der Waals surface area contributed by atoms with E-state index in [4.69, 9.17) is 4.74 Å². The first kappa shape index (κ1) is 21.6. The summed E-state index contributed by atoms with van der Waals surface area (Å²) in [6.07, 6.45) is 4.78. The van der Waals surface area contributed by atoms with Crippen LogP contribution < -0.4 is 5.32 Å². The lowest BCUT2D eigenvalue weighted by molar-refractivity contribution is -0.145. The molecule has 1 rings (SSSR count). The molecule has 7 nitrogen and oxygen atoms in total. The van der Waals surface area contributed by atoms with Gasteiger partial charge in [-0.2, -0.15) is 0 Å². The van der Waals surface area contributed by atoms with Gasteiger partial charge in [0.05, 0.1) is 7.11 Å². The van der Waals surface area contributed by atoms with E-state index in [2.05, 4.69) is 22.2 Å². The van der Waals surface area contributed by atoms with Crippen molar-refractivity contribution in [1.82, 2.24) is 10.2 Å². The molecule has 1 N–H and O–H groups in total. The summed E-state index contributed by atoms with van der Waals surface area (Å²) >= 11 is 0. The van der Waals surface area contributed by atoms with Crippen LogP contribution >= 0.6 is 0 Å². The van der Waals surface area contributed by atoms with Crippen LogP contribution in [0.2, 0.25) is 0 Å². The van der Waals surface area contributed by atoms with Gasteiger partial charge in [-0.3, -0.25) is 9.69 Å². The fourth-order valence-corrected chi connectivity index (χ4v) is 2.57. The van der Waals surface area contributed by atoms with Gasteiger partial charge in [0.1, 0.15) is 6.61 Å². The van der Waals surface area contributed by atoms with Crippen LogP contribution in [0.25, 0.3) is 0 Å². The average molecular weight is 364 g/mol. The first-order chi connectivity index (χ1) is 12.6. The molecule has 26 heavy (non-hydrogen) atoms. The first-order valence-electron chi connectivity index (χ1n) is 8.77. The van der Waals surface area contributed by atoms with Gasteiger partial charge in [-0.05, 0) is 43.2 Å². The number of hydrogen-bond donors (Lipinski definition) is 1. The molecule has 0 bridgehead atoms. The number of hydrogen-bond acceptors (Lipinski definition) is 5. The van der Waals surface area contributed by atoms with Gasteiger partial charge in [0.25, 0.3) is 0 Å². The number of urea groups is 1. The number of rotatable bonds is 12. The SMILES string of the molecule is CNC(=O)N(C=O)CCCCc1ccccc1CCCOCC(=O)OC. The molecule has 1 aromatic carbocycles. The van der Waals surface area contributed by atoms with Crippen molar-refractivity contribution in [3.8, 4) is 0 Å². The van der Waals surface area contributed by atoms with Crippen molar-refractivity contribution in [1.29, 1.82) is 0 Å². The van der Waals surface area contributed by atoms with Gasteiger partial charge < -0.3 is 14.8 Å². The summed E-state index contributed by atoms with van der Waals surface area (Å²) in [6, 6.07) is 7.83. The number of ether oxygens (including phenoxy) is 2. The largest absolute Gasteiger partial charge is 0.467 e. The number of methoxy groups -OCH3 is 1. The number of unbranched alkanes of at least 4 members (excludes halogenated alkanes) is 1. The van der Waals surface area contributed by atoms with Crippen LogP contribution in [0.1, 0.15) is 30.4 Å². The molecule has 0 aromatic heterocycles. The van der Waals surface area contributed by atoms with Crippen molar-refractivity contribution in [3.63, 3.8) is 0 Å². The van der Waals surface area contributed by atoms with Gasteiger partial charge >= 0.3 is 12.0 Å². The third-order valence-electron chi connectivity index (χ3n) is 4.00. The maximum atomic E-state index is 11.4. The number of amides is 3. The highest BCUT2D eigenvalue weighted by Crippen LogP contribution is 2.14. The molecule has 3 amide bonds. The topological polar surface area (TPSA) is 84.9 Å². The molecule has 0 unspecified atom stereocenters. The van der Waals surface area contributed by atoms with Crippen molar-refractivity contribution in [2.45, 2.75) is 32.1 Å². The van der Waals surface area contributed by atoms with Gasteiger partial charge in [-0.25, -0.2) is 9.59 Å². The maximum absolute atomic E-state index is 11.4. The molecular weight excluding hydrogens is 336 g/mol. The third-order valence-corrected chi connectivity index (χ3v) is 4.00. The molecule has 0 fully saturated rings. The summed E-state index contributed by atoms with van der Waals surface area (Å²) in [7, 11) is 2.84. The van der Waals surface area contributed by atoms with E-state index in [1.165, 1.54) is 25.3 Å². The molecule has 0 spiro atoms. The van der Waals surface area contributed by atoms with E-state index in [1.807, 2.05) is 12.1 Å². The highest BCUT2D eigenvalue weighted by atomic mass is 16.6. The smallest absolute Gasteiger partial charge is 0.331 e. The van der Waals surface area contributed by atoms with Crippen molar-refractivity contribution >= 4 is 18.4 Å². The molecule has 0 aliphatic rings. The number of esters is 1. The van der Waals surface area contributed by atoms with Gasteiger partial charge in [0.15, 0.2) is 0 Å². The van der Waals surface area contributed by atoms with E-state index in [1.54, 1.807) is 0 Å². The second kappa shape index (κ2) is 12.9. The molecule has 7 heteroatoms. The number of carbonyl (C=O) groups is 3. The van der Waals surface area contributed by atoms with Crippen molar-refractivity contribution in [3.05, 3.63) is 35.4 Å². The number of imide groups is 1. The van der Waals surface area contributed by atoms with Crippen LogP contribution in [0.15, 0.2) is 24.3 Å². The third kappa shape index (κ3) is 8.11. The van der Waals surface area contributed by atoms with E-state index < -0.39 is 0 Å². The quantitative estimate of drug-likeness (QED) is 0.348. The highest BCUT2D eigenvalue weighted by molar-refractivity contribution is 5.84. The molecule has 1 aromatic rings. The Bertz CT molecular complexity index is 577. The molecule has 0 radical (unpaired) electrons. The fourth-order valence-electron chi connectivity index (χ4n) is 2.57. The zero-order valence-corrected chi connectivity index (χ0v) is 15.5. The Morgan fingerprint density at radius 2 is 1.77 bits per heavy atom. The van der Waals surface area contributed by atoms with E-state index >= 15 is 0 Å². The summed E-state index contributed by atoms with van der Waals surface area (Å²) in [4.78, 5) is 34.4. The Hall–Kier alpha value is -2.41. The van der Waals surface area contributed by atoms with Gasteiger partial charge in [-0.15, -0.1) is 0 Å². The first-order valence-corrected chi connectivity index (χ1v) is 8.77. The van der Waals surface area contributed by atoms with Crippen LogP contribution in [-0.4, -0.2) is 57.2 Å². The van der Waals surface area contributed by atoms with Crippen LogP contribution in [0.4, 0.5) is 4.79 Å². The Kier molecular flexibility index (Phi) is 10.7. The van der Waals surface area contributed by atoms with E-state index in [0.29, 0.717) is 19.6 Å². The molecule has 0 heterocycles. The van der Waals surface area contributed by atoms with Crippen LogP contribution in [0.5, 0.6) is 0 Å². The summed E-state index contributed by atoms with van der Waals surface area (Å²) in [5.74, 6) is -0.369. The molecule has 0 aliphatic carbocycles. The van der Waals surface area contributed by atoms with Crippen molar-refractivity contribution in [2.24, 2.45) is 0 Å². The molecule has 0 aliphatic heterocycles. The number of benzene rings is 1. The molecule has 0 atom stereocenters. The molecule has 0 saturated carbocycles. The Morgan fingerprint density at radius 1 is 1.12 bits per heavy atom. The second-order valence-electron chi connectivity index (χ2n) is 5.81. The molecule has 144 valence electrons. The average Bonchev–Trinajstić information content (AvgIpc) is 2.67. The fraction of sp³-hybridized carbons (Fsp3) is 0.526. The van der Waals surface area contributed by atoms with E-state index in [0.717, 1.165) is 37.0 Å². The number of carbonyl (C=O) groups excluding carboxylic acids is 3. The number of aryl methyl sites for hydroxylation is 2. The Labute approximate surface area is 154 Å². The summed E-state index contributed by atoms with van der Waals surface area (Å²) in [5, 5.41) is 2.44. The minimum Gasteiger partial charge on any atom is -0.467 e. The van der Waals surface area contributed by atoms with Crippen LogP contribution in [-0.2, 0) is 31.9 Å². The van der Waals surface area contributed by atoms with E-state index in [-0.39, 0.29) is 18.6 Å². The summed E-state index contributed by atoms with van der Waals surface area (Å²) < 4.78 is 9.79. The predicted molar refractivity (Wildman–Crippen MR) is 97.8 cm³/mol. The van der Waals surface area contributed by atoms with Gasteiger partial charge in [-0.1, -0.05) is 24.3 Å². The maximum Gasteiger partial charge on any atom is 0.331 e. The minimum atomic E-state index is -0.382. The lowest BCUT2D eigenvalue weighted by Crippen LogP contribution is -2.37. The monoisotopic (exact) mass is 364 g/mol. The van der Waals surface area contributed by atoms with Gasteiger partial charge in [0, 0.05) is 20.2 Å². The predicted octanol–water partition coefficient (Wildman–Crippen LogP) is 1.93. The lowest BCUT2D eigenvalue weighted by Gasteiger charge is -2.15. The zero-order chi connectivity index (χ0) is 19.2. The number of nitrogens with zero attached hydrogens (tertiary/aromatic N) is 1. The minimum absolute atomic E-state index is 0.0171. The van der Waals surface area contributed by atoms with Crippen molar-refractivity contribution in [2.75, 3.05) is 33.9 Å². The standard InChI is InChI=1S/C19H28N2O5/c1-20-19(24)21(15-22)12-6-5-10-16-8-3-4-9-17(16)11-7-13-26-14-18(23)25-2/h3-4,8-9,15H,5-7,10-14H2,1-2H3,(H,20,24). The Morgan fingerprint density at radius 3 is 2.35 bits per heavy atom. The highest BCUT2D eigenvalue weighted by Gasteiger charge is 2.09.